The van der Waals surface area contributed by atoms with E-state index in [4.69, 9.17) is 9.47 Å². The van der Waals surface area contributed by atoms with Crippen molar-refractivity contribution in [2.45, 2.75) is 30.6 Å². The summed E-state index contributed by atoms with van der Waals surface area (Å²) >= 11 is 7.13. The Kier molecular flexibility index (Phi) is 4.65. The minimum absolute atomic E-state index is 0.333. The number of benzene rings is 3. The zero-order chi connectivity index (χ0) is 26.2. The van der Waals surface area contributed by atoms with Gasteiger partial charge < -0.3 is 28.8 Å². The molecule has 9 nitrogen and oxygen atoms in total. The largest absolute Gasteiger partial charge is 0.394 e. The van der Waals surface area contributed by atoms with Crippen LogP contribution in [0, 0.1) is 0 Å². The fraction of sp³-hybridized carbons (Fsp3) is 0.259. The highest BCUT2D eigenvalue weighted by molar-refractivity contribution is 9.10. The monoisotopic (exact) mass is 639 g/mol. The second-order valence-electron chi connectivity index (χ2n) is 9.97. The topological polar surface area (TPSA) is 115 Å². The van der Waals surface area contributed by atoms with E-state index in [1.165, 1.54) is 7.11 Å². The van der Waals surface area contributed by atoms with Crippen molar-refractivity contribution in [2.24, 2.45) is 0 Å². The molecule has 1 saturated heterocycles. The van der Waals surface area contributed by atoms with Crippen LogP contribution in [0.1, 0.15) is 33.0 Å². The van der Waals surface area contributed by atoms with Crippen LogP contribution in [0.25, 0.3) is 43.6 Å². The van der Waals surface area contributed by atoms with Crippen LogP contribution >= 0.6 is 31.9 Å². The lowest BCUT2D eigenvalue weighted by Crippen LogP contribution is -2.55. The summed E-state index contributed by atoms with van der Waals surface area (Å²) in [5.41, 5.74) is 3.73. The highest BCUT2D eigenvalue weighted by atomic mass is 79.9. The van der Waals surface area contributed by atoms with Crippen LogP contribution in [0.3, 0.4) is 0 Å². The molecule has 192 valence electrons. The van der Waals surface area contributed by atoms with Crippen LogP contribution in [0.15, 0.2) is 45.3 Å². The molecule has 2 amide bonds. The molecule has 3 aromatic carbocycles. The molecule has 11 heteroatoms. The number of imide groups is 1. The molecule has 0 spiro atoms. The van der Waals surface area contributed by atoms with Gasteiger partial charge >= 0.3 is 0 Å². The molecule has 5 heterocycles. The molecule has 0 saturated carbocycles. The van der Waals surface area contributed by atoms with Gasteiger partial charge in [0, 0.05) is 43.1 Å². The van der Waals surface area contributed by atoms with Crippen molar-refractivity contribution in [3.05, 3.63) is 56.5 Å². The number of nitrogens with one attached hydrogen (secondary N) is 1. The number of nitrogens with zero attached hydrogens (tertiary/aromatic N) is 2. The molecule has 0 bridgehead atoms. The Morgan fingerprint density at radius 3 is 2.05 bits per heavy atom. The zero-order valence-electron chi connectivity index (χ0n) is 19.7. The third-order valence-corrected chi connectivity index (χ3v) is 9.24. The van der Waals surface area contributed by atoms with Crippen molar-refractivity contribution in [1.82, 2.24) is 14.5 Å². The summed E-state index contributed by atoms with van der Waals surface area (Å²) in [5, 5.41) is 27.3. The van der Waals surface area contributed by atoms with Gasteiger partial charge in [-0.1, -0.05) is 31.9 Å². The van der Waals surface area contributed by atoms with E-state index in [0.717, 1.165) is 41.8 Å². The Balaban J connectivity index is 1.68. The van der Waals surface area contributed by atoms with E-state index >= 15 is 0 Å². The van der Waals surface area contributed by atoms with Gasteiger partial charge in [-0.15, -0.1) is 0 Å². The number of ether oxygens (including phenoxy) is 2. The number of fused-ring (bicyclic) bond motifs is 12. The standard InChI is InChI=1S/C27H19Br2N3O6/c1-37-24-15(8-33)38-27-22(23(24)34)31-13-4-2-9(28)6-11(13)16-18-19(26(36)30-25(18)35)17-12-7-10(29)3-5-14(12)32(27)21(17)20(16)31/h2-7,15,22-24,27,33-34H,8H2,1H3,(H,30,35,36)/t15-,22+,23-,24-,27-/m1/s1. The maximum Gasteiger partial charge on any atom is 0.259 e. The summed E-state index contributed by atoms with van der Waals surface area (Å²) in [7, 11) is 1.49. The van der Waals surface area contributed by atoms with Crippen molar-refractivity contribution in [2.75, 3.05) is 13.7 Å². The molecular weight excluding hydrogens is 622 g/mol. The van der Waals surface area contributed by atoms with Crippen molar-refractivity contribution < 1.29 is 29.3 Å². The van der Waals surface area contributed by atoms with Crippen LogP contribution in [0.2, 0.25) is 0 Å². The smallest absolute Gasteiger partial charge is 0.259 e. The maximum atomic E-state index is 13.3. The van der Waals surface area contributed by atoms with E-state index < -0.39 is 42.4 Å². The molecular formula is C27H19Br2N3O6. The lowest BCUT2D eigenvalue weighted by Gasteiger charge is -2.47. The number of hydrogen-bond acceptors (Lipinski definition) is 6. The predicted octanol–water partition coefficient (Wildman–Crippen LogP) is 4.13. The highest BCUT2D eigenvalue weighted by Gasteiger charge is 2.51. The number of aliphatic hydroxyl groups excluding tert-OH is 2. The van der Waals surface area contributed by atoms with E-state index in [0.29, 0.717) is 21.9 Å². The van der Waals surface area contributed by atoms with Gasteiger partial charge in [-0.25, -0.2) is 0 Å². The van der Waals surface area contributed by atoms with Crippen molar-refractivity contribution in [3.63, 3.8) is 0 Å². The van der Waals surface area contributed by atoms with Gasteiger partial charge in [-0.2, -0.15) is 0 Å². The molecule has 5 atom stereocenters. The van der Waals surface area contributed by atoms with Gasteiger partial charge in [0.1, 0.15) is 24.4 Å². The van der Waals surface area contributed by atoms with Crippen LogP contribution < -0.4 is 5.32 Å². The number of carbonyl (C=O) groups excluding carboxylic acids is 2. The molecule has 0 radical (unpaired) electrons. The maximum absolute atomic E-state index is 13.3. The Morgan fingerprint density at radius 2 is 1.50 bits per heavy atom. The van der Waals surface area contributed by atoms with E-state index in [2.05, 4.69) is 37.2 Å². The molecule has 1 fully saturated rings. The SMILES string of the molecule is CO[C@H]1[C@H](O)[C@H]2[C@@H](O[C@@H]1CO)n1c3ccc(Br)cc3c3c4c(c5c6cc(Br)ccc6n2c5c31)C(=O)NC4=O. The second-order valence-corrected chi connectivity index (χ2v) is 11.8. The van der Waals surface area contributed by atoms with Crippen LogP contribution in [-0.2, 0) is 9.47 Å². The molecule has 2 aromatic heterocycles. The third-order valence-electron chi connectivity index (χ3n) is 8.25. The van der Waals surface area contributed by atoms with Crippen LogP contribution in [-0.4, -0.2) is 63.2 Å². The first-order valence-electron chi connectivity index (χ1n) is 12.1. The average Bonchev–Trinajstić information content (AvgIpc) is 3.50. The van der Waals surface area contributed by atoms with Gasteiger partial charge in [-0.3, -0.25) is 14.9 Å². The summed E-state index contributed by atoms with van der Waals surface area (Å²) in [5.74, 6) is -0.888. The number of halogens is 2. The van der Waals surface area contributed by atoms with Gasteiger partial charge in [0.25, 0.3) is 11.8 Å². The van der Waals surface area contributed by atoms with Gasteiger partial charge in [0.2, 0.25) is 0 Å². The summed E-state index contributed by atoms with van der Waals surface area (Å²) in [4.78, 5) is 26.7. The number of rotatable bonds is 2. The molecule has 38 heavy (non-hydrogen) atoms. The Labute approximate surface area is 231 Å². The molecule has 8 rings (SSSR count). The molecule has 0 unspecified atom stereocenters. The Bertz CT molecular complexity index is 1930. The highest BCUT2D eigenvalue weighted by Crippen LogP contribution is 2.54. The van der Waals surface area contributed by atoms with E-state index in [9.17, 15) is 19.8 Å². The minimum atomic E-state index is -1.04. The summed E-state index contributed by atoms with van der Waals surface area (Å²) < 4.78 is 17.8. The number of carbonyl (C=O) groups is 2. The van der Waals surface area contributed by atoms with Gasteiger partial charge in [0.05, 0.1) is 34.3 Å². The van der Waals surface area contributed by atoms with Gasteiger partial charge in [0.15, 0.2) is 6.23 Å². The number of aromatic nitrogens is 2. The first-order chi connectivity index (χ1) is 18.3. The molecule has 0 aliphatic carbocycles. The normalized spacial score (nSPS) is 26.2. The van der Waals surface area contributed by atoms with E-state index in [1.54, 1.807) is 0 Å². The zero-order valence-corrected chi connectivity index (χ0v) is 22.9. The summed E-state index contributed by atoms with van der Waals surface area (Å²) in [6.07, 6.45) is -3.32. The first kappa shape index (κ1) is 23.1. The average molecular weight is 641 g/mol. The Morgan fingerprint density at radius 1 is 0.947 bits per heavy atom. The summed E-state index contributed by atoms with van der Waals surface area (Å²) in [6, 6.07) is 10.9. The van der Waals surface area contributed by atoms with Crippen LogP contribution in [0.4, 0.5) is 0 Å². The van der Waals surface area contributed by atoms with E-state index in [-0.39, 0.29) is 6.61 Å². The molecule has 3 N–H and O–H groups in total. The minimum Gasteiger partial charge on any atom is -0.394 e. The number of methoxy groups -OCH3 is 1. The number of amides is 2. The predicted molar refractivity (Wildman–Crippen MR) is 146 cm³/mol. The third kappa shape index (κ3) is 2.59. The van der Waals surface area contributed by atoms with Crippen molar-refractivity contribution in [3.8, 4) is 0 Å². The number of hydrogen-bond donors (Lipinski definition) is 3. The molecule has 3 aliphatic rings. The Hall–Kier alpha value is -2.80. The first-order valence-corrected chi connectivity index (χ1v) is 13.7. The molecule has 3 aliphatic heterocycles. The van der Waals surface area contributed by atoms with E-state index in [1.807, 2.05) is 45.5 Å². The quantitative estimate of drug-likeness (QED) is 0.250. The fourth-order valence-corrected chi connectivity index (χ4v) is 7.63. The lowest BCUT2D eigenvalue weighted by atomic mass is 9.93. The van der Waals surface area contributed by atoms with Crippen molar-refractivity contribution >= 4 is 87.3 Å². The van der Waals surface area contributed by atoms with Crippen LogP contribution in [0.5, 0.6) is 0 Å². The lowest BCUT2D eigenvalue weighted by molar-refractivity contribution is -0.231. The second kappa shape index (κ2) is 7.65. The van der Waals surface area contributed by atoms with Gasteiger partial charge in [-0.05, 0) is 36.4 Å². The molecule has 5 aromatic rings. The summed E-state index contributed by atoms with van der Waals surface area (Å²) in [6.45, 7) is -0.338. The van der Waals surface area contributed by atoms with Crippen molar-refractivity contribution in [1.29, 1.82) is 0 Å². The number of aliphatic hydroxyl groups is 2. The fourth-order valence-electron chi connectivity index (χ4n) is 6.90.